The van der Waals surface area contributed by atoms with Gasteiger partial charge in [0.25, 0.3) is 0 Å². The Kier molecular flexibility index (Phi) is 3.05. The Morgan fingerprint density at radius 2 is 2.29 bits per heavy atom. The zero-order valence-electron chi connectivity index (χ0n) is 9.97. The van der Waals surface area contributed by atoms with E-state index in [1.807, 2.05) is 10.7 Å². The van der Waals surface area contributed by atoms with E-state index in [0.29, 0.717) is 0 Å². The van der Waals surface area contributed by atoms with Crippen molar-refractivity contribution in [1.82, 2.24) is 19.9 Å². The fourth-order valence-electron chi connectivity index (χ4n) is 2.55. The monoisotopic (exact) mass is 230 g/mol. The minimum Gasteiger partial charge on any atom is -0.317 e. The van der Waals surface area contributed by atoms with Crippen LogP contribution in [-0.4, -0.2) is 27.7 Å². The van der Waals surface area contributed by atoms with Crippen LogP contribution in [0.5, 0.6) is 0 Å². The number of aromatic nitrogens is 3. The Hall–Kier alpha value is -1.42. The maximum atomic E-state index is 4.59. The van der Waals surface area contributed by atoms with Gasteiger partial charge < -0.3 is 5.32 Å². The fourth-order valence-corrected chi connectivity index (χ4v) is 2.55. The Morgan fingerprint density at radius 1 is 1.29 bits per heavy atom. The molecule has 1 fully saturated rings. The molecule has 0 aliphatic carbocycles. The van der Waals surface area contributed by atoms with Gasteiger partial charge in [0, 0.05) is 12.4 Å². The molecule has 17 heavy (non-hydrogen) atoms. The summed E-state index contributed by atoms with van der Waals surface area (Å²) in [6.45, 7) is 2.32. The van der Waals surface area contributed by atoms with Crippen molar-refractivity contribution in [3.05, 3.63) is 30.2 Å². The normalized spacial score (nSPS) is 21.5. The van der Waals surface area contributed by atoms with Gasteiger partial charge in [0.1, 0.15) is 0 Å². The van der Waals surface area contributed by atoms with Crippen LogP contribution in [0.4, 0.5) is 0 Å². The van der Waals surface area contributed by atoms with Crippen LogP contribution >= 0.6 is 0 Å². The van der Waals surface area contributed by atoms with E-state index in [9.17, 15) is 0 Å². The van der Waals surface area contributed by atoms with Crippen molar-refractivity contribution >= 4 is 5.65 Å². The Balaban J connectivity index is 1.74. The summed E-state index contributed by atoms with van der Waals surface area (Å²) in [4.78, 5) is 4.21. The number of nitrogens with zero attached hydrogens (tertiary/aromatic N) is 3. The summed E-state index contributed by atoms with van der Waals surface area (Å²) in [6, 6.07) is 4.16. The maximum Gasteiger partial charge on any atom is 0.153 e. The highest BCUT2D eigenvalue weighted by Gasteiger charge is 2.13. The smallest absolute Gasteiger partial charge is 0.153 e. The zero-order valence-corrected chi connectivity index (χ0v) is 9.97. The van der Waals surface area contributed by atoms with Crippen molar-refractivity contribution in [3.8, 4) is 0 Å². The SMILES string of the molecule is c1cn2nc(CC3CCCNCC3)ccc2n1. The van der Waals surface area contributed by atoms with Gasteiger partial charge >= 0.3 is 0 Å². The van der Waals surface area contributed by atoms with Crippen LogP contribution in [0.25, 0.3) is 5.65 Å². The second kappa shape index (κ2) is 4.84. The number of nitrogens with one attached hydrogen (secondary N) is 1. The van der Waals surface area contributed by atoms with Crippen LogP contribution in [0.3, 0.4) is 0 Å². The second-order valence-corrected chi connectivity index (χ2v) is 4.81. The van der Waals surface area contributed by atoms with Gasteiger partial charge in [0.2, 0.25) is 0 Å². The molecular formula is C13H18N4. The Bertz CT molecular complexity index is 483. The predicted octanol–water partition coefficient (Wildman–Crippen LogP) is 1.66. The molecule has 1 unspecified atom stereocenters. The van der Waals surface area contributed by atoms with Crippen molar-refractivity contribution in [2.24, 2.45) is 5.92 Å². The molecule has 0 saturated carbocycles. The summed E-state index contributed by atoms with van der Waals surface area (Å²) in [5.74, 6) is 0.776. The minimum absolute atomic E-state index is 0.776. The molecule has 1 atom stereocenters. The lowest BCUT2D eigenvalue weighted by molar-refractivity contribution is 0.462. The molecule has 1 aliphatic rings. The number of hydrogen-bond acceptors (Lipinski definition) is 3. The van der Waals surface area contributed by atoms with E-state index in [2.05, 4.69) is 27.5 Å². The molecule has 90 valence electrons. The van der Waals surface area contributed by atoms with E-state index in [1.165, 1.54) is 31.5 Å². The summed E-state index contributed by atoms with van der Waals surface area (Å²) in [7, 11) is 0. The molecule has 4 heteroatoms. The first kappa shape index (κ1) is 10.7. The van der Waals surface area contributed by atoms with Crippen molar-refractivity contribution < 1.29 is 0 Å². The third-order valence-electron chi connectivity index (χ3n) is 3.50. The third kappa shape index (κ3) is 2.47. The van der Waals surface area contributed by atoms with Gasteiger partial charge in [-0.15, -0.1) is 0 Å². The standard InChI is InChI=1S/C13H18N4/c1-2-11(5-7-14-6-1)10-12-3-4-13-15-8-9-17(13)16-12/h3-4,8-9,11,14H,1-2,5-7,10H2. The summed E-state index contributed by atoms with van der Waals surface area (Å²) in [6.07, 6.45) is 8.67. The molecule has 4 nitrogen and oxygen atoms in total. The van der Waals surface area contributed by atoms with Crippen LogP contribution in [0.2, 0.25) is 0 Å². The highest BCUT2D eigenvalue weighted by atomic mass is 15.2. The molecule has 1 aliphatic heterocycles. The molecule has 3 heterocycles. The van der Waals surface area contributed by atoms with Crippen molar-refractivity contribution in [2.75, 3.05) is 13.1 Å². The second-order valence-electron chi connectivity index (χ2n) is 4.81. The van der Waals surface area contributed by atoms with Crippen LogP contribution in [0.1, 0.15) is 25.0 Å². The number of imidazole rings is 1. The summed E-state index contributed by atoms with van der Waals surface area (Å²) < 4.78 is 1.87. The topological polar surface area (TPSA) is 42.2 Å². The fraction of sp³-hybridized carbons (Fsp3) is 0.538. The summed E-state index contributed by atoms with van der Waals surface area (Å²) >= 11 is 0. The molecule has 0 amide bonds. The van der Waals surface area contributed by atoms with Gasteiger partial charge in [-0.05, 0) is 56.8 Å². The summed E-state index contributed by atoms with van der Waals surface area (Å²) in [5.41, 5.74) is 2.11. The number of rotatable bonds is 2. The molecule has 0 bridgehead atoms. The van der Waals surface area contributed by atoms with E-state index in [1.54, 1.807) is 6.20 Å². The lowest BCUT2D eigenvalue weighted by atomic mass is 9.95. The maximum absolute atomic E-state index is 4.59. The predicted molar refractivity (Wildman–Crippen MR) is 66.9 cm³/mol. The highest BCUT2D eigenvalue weighted by Crippen LogP contribution is 2.18. The average molecular weight is 230 g/mol. The van der Waals surface area contributed by atoms with Crippen molar-refractivity contribution in [3.63, 3.8) is 0 Å². The van der Waals surface area contributed by atoms with E-state index in [-0.39, 0.29) is 0 Å². The van der Waals surface area contributed by atoms with Gasteiger partial charge in [-0.3, -0.25) is 0 Å². The quantitative estimate of drug-likeness (QED) is 0.853. The number of hydrogen-bond donors (Lipinski definition) is 1. The van der Waals surface area contributed by atoms with E-state index >= 15 is 0 Å². The molecule has 0 spiro atoms. The van der Waals surface area contributed by atoms with Gasteiger partial charge in [0.05, 0.1) is 5.69 Å². The highest BCUT2D eigenvalue weighted by molar-refractivity contribution is 5.36. The molecule has 2 aromatic heterocycles. The van der Waals surface area contributed by atoms with Crippen LogP contribution < -0.4 is 5.32 Å². The van der Waals surface area contributed by atoms with Gasteiger partial charge in [-0.25, -0.2) is 9.50 Å². The van der Waals surface area contributed by atoms with Crippen molar-refractivity contribution in [1.29, 1.82) is 0 Å². The van der Waals surface area contributed by atoms with E-state index in [0.717, 1.165) is 24.5 Å². The van der Waals surface area contributed by atoms with Gasteiger partial charge in [0.15, 0.2) is 5.65 Å². The third-order valence-corrected chi connectivity index (χ3v) is 3.50. The number of fused-ring (bicyclic) bond motifs is 1. The lowest BCUT2D eigenvalue weighted by Gasteiger charge is -2.12. The van der Waals surface area contributed by atoms with Crippen LogP contribution in [0.15, 0.2) is 24.5 Å². The lowest BCUT2D eigenvalue weighted by Crippen LogP contribution is -2.14. The van der Waals surface area contributed by atoms with Gasteiger partial charge in [-0.1, -0.05) is 0 Å². The first-order valence-electron chi connectivity index (χ1n) is 6.42. The van der Waals surface area contributed by atoms with Crippen LogP contribution in [-0.2, 0) is 6.42 Å². The average Bonchev–Trinajstić information content (AvgIpc) is 2.65. The van der Waals surface area contributed by atoms with Crippen LogP contribution in [0, 0.1) is 5.92 Å². The van der Waals surface area contributed by atoms with E-state index < -0.39 is 0 Å². The minimum atomic E-state index is 0.776. The molecule has 2 aromatic rings. The molecule has 3 rings (SSSR count). The largest absolute Gasteiger partial charge is 0.317 e. The van der Waals surface area contributed by atoms with Gasteiger partial charge in [-0.2, -0.15) is 5.10 Å². The Labute approximate surface area is 101 Å². The molecule has 0 radical (unpaired) electrons. The molecular weight excluding hydrogens is 212 g/mol. The zero-order chi connectivity index (χ0) is 11.5. The summed E-state index contributed by atoms with van der Waals surface area (Å²) in [5, 5.41) is 8.05. The molecule has 1 N–H and O–H groups in total. The molecule has 1 saturated heterocycles. The first-order valence-corrected chi connectivity index (χ1v) is 6.42. The van der Waals surface area contributed by atoms with E-state index in [4.69, 9.17) is 0 Å². The first-order chi connectivity index (χ1) is 8.42. The van der Waals surface area contributed by atoms with Crippen molar-refractivity contribution in [2.45, 2.75) is 25.7 Å². The molecule has 0 aromatic carbocycles. The Morgan fingerprint density at radius 3 is 3.29 bits per heavy atom.